The summed E-state index contributed by atoms with van der Waals surface area (Å²) < 4.78 is 5.30. The molecule has 1 aliphatic carbocycles. The normalized spacial score (nSPS) is 16.5. The number of carbonyl (C=O) groups is 2. The molecule has 2 amide bonds. The number of nitrogens with zero attached hydrogens (tertiary/aromatic N) is 1. The third kappa shape index (κ3) is 8.55. The lowest BCUT2D eigenvalue weighted by Gasteiger charge is -2.27. The van der Waals surface area contributed by atoms with Crippen LogP contribution in [0.25, 0.3) is 0 Å². The minimum absolute atomic E-state index is 0.151. The quantitative estimate of drug-likeness (QED) is 0.647. The van der Waals surface area contributed by atoms with Crippen molar-refractivity contribution in [3.8, 4) is 6.07 Å². The van der Waals surface area contributed by atoms with Crippen molar-refractivity contribution in [2.45, 2.75) is 77.5 Å². The van der Waals surface area contributed by atoms with Gasteiger partial charge in [-0.1, -0.05) is 76.3 Å². The smallest absolute Gasteiger partial charge is 0.408 e. The van der Waals surface area contributed by atoms with Crippen LogP contribution in [0.5, 0.6) is 0 Å². The molecule has 29 heavy (non-hydrogen) atoms. The van der Waals surface area contributed by atoms with Crippen LogP contribution in [-0.4, -0.2) is 24.1 Å². The van der Waals surface area contributed by atoms with E-state index in [1.165, 1.54) is 6.42 Å². The predicted octanol–water partition coefficient (Wildman–Crippen LogP) is 4.31. The minimum atomic E-state index is -0.690. The molecule has 2 N–H and O–H groups in total. The lowest BCUT2D eigenvalue weighted by Crippen LogP contribution is -2.50. The highest BCUT2D eigenvalue weighted by Crippen LogP contribution is 2.27. The molecule has 0 heterocycles. The first-order chi connectivity index (χ1) is 14.0. The number of hydrogen-bond donors (Lipinski definition) is 2. The number of ether oxygens (including phenoxy) is 1. The Bertz CT molecular complexity index is 678. The van der Waals surface area contributed by atoms with Gasteiger partial charge >= 0.3 is 6.09 Å². The molecule has 0 saturated heterocycles. The van der Waals surface area contributed by atoms with Gasteiger partial charge in [0.25, 0.3) is 0 Å². The highest BCUT2D eigenvalue weighted by molar-refractivity contribution is 5.86. The summed E-state index contributed by atoms with van der Waals surface area (Å²) >= 11 is 0. The van der Waals surface area contributed by atoms with Crippen LogP contribution in [0.3, 0.4) is 0 Å². The molecule has 0 aliphatic heterocycles. The van der Waals surface area contributed by atoms with E-state index >= 15 is 0 Å². The number of rotatable bonds is 9. The number of hydrogen-bond acceptors (Lipinski definition) is 4. The molecular weight excluding hydrogens is 366 g/mol. The molecule has 1 aromatic carbocycles. The first-order valence-corrected chi connectivity index (χ1v) is 10.6. The van der Waals surface area contributed by atoms with Gasteiger partial charge in [-0.3, -0.25) is 4.79 Å². The third-order valence-corrected chi connectivity index (χ3v) is 5.29. The summed E-state index contributed by atoms with van der Waals surface area (Å²) in [6.07, 6.45) is 6.23. The summed E-state index contributed by atoms with van der Waals surface area (Å²) in [5, 5.41) is 14.9. The SMILES string of the molecule is CC(C)C[C@@H](C#N)NC(=O)[C@H](CC1CCCCC1)NC(=O)OCc1ccccc1. The first kappa shape index (κ1) is 22.7. The first-order valence-electron chi connectivity index (χ1n) is 10.6. The molecule has 1 aromatic rings. The van der Waals surface area contributed by atoms with E-state index in [0.717, 1.165) is 31.2 Å². The average Bonchev–Trinajstić information content (AvgIpc) is 2.72. The van der Waals surface area contributed by atoms with Crippen LogP contribution in [0.15, 0.2) is 30.3 Å². The van der Waals surface area contributed by atoms with Gasteiger partial charge in [-0.05, 0) is 30.2 Å². The van der Waals surface area contributed by atoms with Gasteiger partial charge in [0, 0.05) is 0 Å². The average molecular weight is 400 g/mol. The molecule has 0 aromatic heterocycles. The zero-order chi connectivity index (χ0) is 21.1. The molecule has 2 atom stereocenters. The summed E-state index contributed by atoms with van der Waals surface area (Å²) in [7, 11) is 0. The van der Waals surface area contributed by atoms with Crippen molar-refractivity contribution in [2.75, 3.05) is 0 Å². The molecule has 1 aliphatic rings. The van der Waals surface area contributed by atoms with Gasteiger partial charge in [0.15, 0.2) is 0 Å². The van der Waals surface area contributed by atoms with E-state index in [1.54, 1.807) is 0 Å². The van der Waals surface area contributed by atoms with Crippen LogP contribution in [0.2, 0.25) is 0 Å². The van der Waals surface area contributed by atoms with E-state index < -0.39 is 18.2 Å². The second kappa shape index (κ2) is 12.1. The molecule has 6 nitrogen and oxygen atoms in total. The van der Waals surface area contributed by atoms with Crippen LogP contribution in [0.1, 0.15) is 64.4 Å². The Kier molecular flexibility index (Phi) is 9.49. The number of benzene rings is 1. The minimum Gasteiger partial charge on any atom is -0.445 e. The maximum absolute atomic E-state index is 12.8. The number of carbonyl (C=O) groups excluding carboxylic acids is 2. The van der Waals surface area contributed by atoms with E-state index in [0.29, 0.717) is 24.7 Å². The Morgan fingerprint density at radius 1 is 1.14 bits per heavy atom. The molecule has 0 unspecified atom stereocenters. The molecular formula is C23H33N3O3. The molecule has 6 heteroatoms. The van der Waals surface area contributed by atoms with Gasteiger partial charge < -0.3 is 15.4 Å². The van der Waals surface area contributed by atoms with E-state index in [2.05, 4.69) is 16.7 Å². The molecule has 2 rings (SSSR count). The third-order valence-electron chi connectivity index (χ3n) is 5.29. The van der Waals surface area contributed by atoms with Crippen molar-refractivity contribution in [3.05, 3.63) is 35.9 Å². The largest absolute Gasteiger partial charge is 0.445 e. The zero-order valence-corrected chi connectivity index (χ0v) is 17.5. The lowest BCUT2D eigenvalue weighted by molar-refractivity contribution is -0.124. The molecule has 0 spiro atoms. The van der Waals surface area contributed by atoms with Crippen molar-refractivity contribution in [2.24, 2.45) is 11.8 Å². The van der Waals surface area contributed by atoms with E-state index in [-0.39, 0.29) is 12.5 Å². The summed E-state index contributed by atoms with van der Waals surface area (Å²) in [6.45, 7) is 4.17. The fourth-order valence-corrected chi connectivity index (χ4v) is 3.78. The second-order valence-corrected chi connectivity index (χ2v) is 8.32. The topological polar surface area (TPSA) is 91.2 Å². The maximum atomic E-state index is 12.8. The molecule has 0 radical (unpaired) electrons. The van der Waals surface area contributed by atoms with Gasteiger partial charge in [-0.15, -0.1) is 0 Å². The molecule has 158 valence electrons. The van der Waals surface area contributed by atoms with Gasteiger partial charge in [0.2, 0.25) is 5.91 Å². The summed E-state index contributed by atoms with van der Waals surface area (Å²) in [5.74, 6) is 0.388. The van der Waals surface area contributed by atoms with Crippen LogP contribution < -0.4 is 10.6 Å². The molecule has 1 fully saturated rings. The number of nitriles is 1. The summed E-state index contributed by atoms with van der Waals surface area (Å²) in [4.78, 5) is 25.2. The highest BCUT2D eigenvalue weighted by atomic mass is 16.5. The van der Waals surface area contributed by atoms with Gasteiger partial charge in [-0.25, -0.2) is 4.79 Å². The van der Waals surface area contributed by atoms with Crippen LogP contribution >= 0.6 is 0 Å². The van der Waals surface area contributed by atoms with Gasteiger partial charge in [0.1, 0.15) is 18.7 Å². The number of alkyl carbamates (subject to hydrolysis) is 1. The number of amides is 2. The van der Waals surface area contributed by atoms with Crippen molar-refractivity contribution in [1.29, 1.82) is 5.26 Å². The Hall–Kier alpha value is -2.55. The standard InChI is InChI=1S/C23H33N3O3/c1-17(2)13-20(15-24)25-22(27)21(14-18-9-5-3-6-10-18)26-23(28)29-16-19-11-7-4-8-12-19/h4,7-8,11-12,17-18,20-21H,3,5-6,9-10,13-14,16H2,1-2H3,(H,25,27)(H,26,28)/t20-,21-/m0/s1. The van der Waals surface area contributed by atoms with E-state index in [1.807, 2.05) is 44.2 Å². The zero-order valence-electron chi connectivity index (χ0n) is 17.5. The fraction of sp³-hybridized carbons (Fsp3) is 0.609. The van der Waals surface area contributed by atoms with Crippen LogP contribution in [0, 0.1) is 23.2 Å². The van der Waals surface area contributed by atoms with Gasteiger partial charge in [-0.2, -0.15) is 5.26 Å². The van der Waals surface area contributed by atoms with Crippen molar-refractivity contribution >= 4 is 12.0 Å². The predicted molar refractivity (Wildman–Crippen MR) is 112 cm³/mol. The van der Waals surface area contributed by atoms with Gasteiger partial charge in [0.05, 0.1) is 6.07 Å². The lowest BCUT2D eigenvalue weighted by atomic mass is 9.84. The fourth-order valence-electron chi connectivity index (χ4n) is 3.78. The summed E-state index contributed by atoms with van der Waals surface area (Å²) in [5.41, 5.74) is 0.886. The van der Waals surface area contributed by atoms with E-state index in [4.69, 9.17) is 4.74 Å². The van der Waals surface area contributed by atoms with Crippen molar-refractivity contribution < 1.29 is 14.3 Å². The molecule has 0 bridgehead atoms. The van der Waals surface area contributed by atoms with Crippen LogP contribution in [0.4, 0.5) is 4.79 Å². The maximum Gasteiger partial charge on any atom is 0.408 e. The Morgan fingerprint density at radius 2 is 1.83 bits per heavy atom. The van der Waals surface area contributed by atoms with Crippen LogP contribution in [-0.2, 0) is 16.1 Å². The van der Waals surface area contributed by atoms with E-state index in [9.17, 15) is 14.9 Å². The summed E-state index contributed by atoms with van der Waals surface area (Å²) in [6, 6.07) is 10.3. The second-order valence-electron chi connectivity index (χ2n) is 8.32. The monoisotopic (exact) mass is 399 g/mol. The number of nitrogens with one attached hydrogen (secondary N) is 2. The highest BCUT2D eigenvalue weighted by Gasteiger charge is 2.28. The Balaban J connectivity index is 1.96. The molecule has 1 saturated carbocycles. The Morgan fingerprint density at radius 3 is 2.45 bits per heavy atom. The van der Waals surface area contributed by atoms with Crippen molar-refractivity contribution in [1.82, 2.24) is 10.6 Å². The van der Waals surface area contributed by atoms with Crippen molar-refractivity contribution in [3.63, 3.8) is 0 Å². The Labute approximate surface area is 174 Å².